The number of aromatic nitrogens is 2. The molecule has 2 atom stereocenters. The third-order valence-electron chi connectivity index (χ3n) is 7.43. The highest BCUT2D eigenvalue weighted by molar-refractivity contribution is 7.17. The monoisotopic (exact) mass is 533 g/mol. The van der Waals surface area contributed by atoms with Crippen LogP contribution in [-0.4, -0.2) is 61.6 Å². The fraction of sp³-hybridized carbons (Fsp3) is 0.615. The van der Waals surface area contributed by atoms with Crippen molar-refractivity contribution in [3.05, 3.63) is 28.5 Å². The molecule has 2 bridgehead atoms. The first-order chi connectivity index (χ1) is 17.5. The first-order valence-corrected chi connectivity index (χ1v) is 13.7. The van der Waals surface area contributed by atoms with E-state index in [1.807, 2.05) is 25.7 Å². The van der Waals surface area contributed by atoms with Crippen molar-refractivity contribution in [2.45, 2.75) is 102 Å². The fourth-order valence-electron chi connectivity index (χ4n) is 5.74. The van der Waals surface area contributed by atoms with E-state index < -0.39 is 24.5 Å². The number of aliphatic hydroxyl groups is 1. The molecule has 200 valence electrons. The first kappa shape index (κ1) is 26.0. The van der Waals surface area contributed by atoms with Crippen LogP contribution in [0.2, 0.25) is 0 Å². The summed E-state index contributed by atoms with van der Waals surface area (Å²) >= 11 is 0.920. The summed E-state index contributed by atoms with van der Waals surface area (Å²) in [4.78, 5) is 37.6. The maximum atomic E-state index is 14.3. The van der Waals surface area contributed by atoms with Crippen molar-refractivity contribution in [1.29, 1.82) is 0 Å². The molecule has 3 aliphatic rings. The summed E-state index contributed by atoms with van der Waals surface area (Å²) in [5.41, 5.74) is -0.546. The lowest BCUT2D eigenvalue weighted by molar-refractivity contribution is 0.0725. The predicted molar refractivity (Wildman–Crippen MR) is 137 cm³/mol. The Bertz CT molecular complexity index is 1180. The van der Waals surface area contributed by atoms with Crippen LogP contribution in [0.1, 0.15) is 98.0 Å². The molecule has 37 heavy (non-hydrogen) atoms. The van der Waals surface area contributed by atoms with Gasteiger partial charge in [-0.1, -0.05) is 0 Å². The second-order valence-electron chi connectivity index (χ2n) is 11.3. The Balaban J connectivity index is 1.55. The number of halogens is 2. The summed E-state index contributed by atoms with van der Waals surface area (Å²) in [6, 6.07) is 1.13. The third-order valence-corrected chi connectivity index (χ3v) is 8.51. The van der Waals surface area contributed by atoms with Crippen molar-refractivity contribution in [3.63, 3.8) is 0 Å². The number of anilines is 1. The van der Waals surface area contributed by atoms with Crippen LogP contribution in [0.4, 0.5) is 14.6 Å². The average Bonchev–Trinajstić information content (AvgIpc) is 3.62. The van der Waals surface area contributed by atoms with Gasteiger partial charge in [0.2, 0.25) is 0 Å². The van der Waals surface area contributed by atoms with Crippen LogP contribution in [0, 0.1) is 0 Å². The van der Waals surface area contributed by atoms with Crippen LogP contribution in [0.3, 0.4) is 0 Å². The Morgan fingerprint density at radius 3 is 2.38 bits per heavy atom. The number of nitrogens with zero attached hydrogens (tertiary/aromatic N) is 3. The molecule has 0 spiro atoms. The van der Waals surface area contributed by atoms with Crippen molar-refractivity contribution in [2.24, 2.45) is 0 Å². The van der Waals surface area contributed by atoms with Gasteiger partial charge < -0.3 is 20.6 Å². The highest BCUT2D eigenvalue weighted by atomic mass is 32.1. The van der Waals surface area contributed by atoms with E-state index in [4.69, 9.17) is 0 Å². The molecule has 1 aliphatic carbocycles. The normalized spacial score (nSPS) is 25.2. The molecule has 3 fully saturated rings. The first-order valence-electron chi connectivity index (χ1n) is 12.9. The smallest absolute Gasteiger partial charge is 0.280 e. The van der Waals surface area contributed by atoms with E-state index in [1.54, 1.807) is 0 Å². The van der Waals surface area contributed by atoms with Crippen molar-refractivity contribution in [1.82, 2.24) is 20.2 Å². The van der Waals surface area contributed by atoms with Gasteiger partial charge in [-0.2, -0.15) is 0 Å². The fourth-order valence-corrected chi connectivity index (χ4v) is 6.74. The van der Waals surface area contributed by atoms with Crippen LogP contribution in [0.15, 0.2) is 12.3 Å². The molecule has 2 saturated heterocycles. The van der Waals surface area contributed by atoms with Gasteiger partial charge in [-0.25, -0.2) is 18.7 Å². The molecule has 3 N–H and O–H groups in total. The lowest BCUT2D eigenvalue weighted by Gasteiger charge is -2.23. The van der Waals surface area contributed by atoms with Gasteiger partial charge in [0.1, 0.15) is 11.5 Å². The van der Waals surface area contributed by atoms with Gasteiger partial charge in [0, 0.05) is 34.9 Å². The summed E-state index contributed by atoms with van der Waals surface area (Å²) in [5, 5.41) is 16.1. The Hall–Kier alpha value is -2.66. The Kier molecular flexibility index (Phi) is 6.95. The quantitative estimate of drug-likeness (QED) is 0.494. The van der Waals surface area contributed by atoms with Crippen LogP contribution < -0.4 is 10.6 Å². The topological polar surface area (TPSA) is 107 Å². The minimum Gasteiger partial charge on any atom is -0.391 e. The molecule has 1 saturated carbocycles. The number of amides is 2. The van der Waals surface area contributed by atoms with Gasteiger partial charge in [0.15, 0.2) is 5.01 Å². The highest BCUT2D eigenvalue weighted by Crippen LogP contribution is 2.42. The minimum atomic E-state index is -2.82. The largest absolute Gasteiger partial charge is 0.391 e. The van der Waals surface area contributed by atoms with Gasteiger partial charge in [-0.15, -0.1) is 11.3 Å². The zero-order valence-corrected chi connectivity index (χ0v) is 22.1. The number of alkyl halides is 2. The number of fused-ring (bicyclic) bond motifs is 2. The summed E-state index contributed by atoms with van der Waals surface area (Å²) in [6.07, 6.45) is 3.60. The van der Waals surface area contributed by atoms with Gasteiger partial charge in [-0.05, 0) is 71.8 Å². The van der Waals surface area contributed by atoms with Gasteiger partial charge in [0.05, 0.1) is 17.0 Å². The number of hydrogen-bond acceptors (Lipinski definition) is 7. The molecular weight excluding hydrogens is 500 g/mol. The minimum absolute atomic E-state index is 0.0149. The Labute approximate surface area is 218 Å². The summed E-state index contributed by atoms with van der Waals surface area (Å²) in [7, 11) is 0. The zero-order valence-electron chi connectivity index (χ0n) is 21.3. The van der Waals surface area contributed by atoms with Crippen LogP contribution in [-0.2, 0) is 0 Å². The molecule has 11 heteroatoms. The zero-order chi connectivity index (χ0) is 26.5. The molecule has 2 aromatic heterocycles. The molecule has 0 radical (unpaired) electrons. The molecule has 2 aromatic rings. The van der Waals surface area contributed by atoms with Gasteiger partial charge in [-0.3, -0.25) is 9.59 Å². The number of nitrogens with one attached hydrogen (secondary N) is 2. The number of aliphatic hydroxyl groups excluding tert-OH is 1. The van der Waals surface area contributed by atoms with Gasteiger partial charge in [0.25, 0.3) is 18.2 Å². The van der Waals surface area contributed by atoms with Crippen LogP contribution in [0.5, 0.6) is 0 Å². The van der Waals surface area contributed by atoms with E-state index >= 15 is 0 Å². The van der Waals surface area contributed by atoms with E-state index in [2.05, 4.69) is 20.6 Å². The standard InChI is InChI=1S/C26H33F2N5O3S/c1-26(2,3)32-19-11-15(22(27)28)16(12-29-19)21-20(25(36)33-13-7-8-14(33)10-9-13)31-24(37-21)23(35)30-17-5-4-6-18(17)34/h11-14,17-18,22,34H,4-10H2,1-3H3,(H,29,32)(H,30,35)/t13-,14-,17-,18-/m1/s1. The SMILES string of the molecule is CC(C)(C)Nc1cc(C(F)F)c(-c2sc(C(=O)N[C@@H]3CCC[C@H]3O)nc2C(=O)N2[C@H]3CC[C@H]2CC3)cn1. The lowest BCUT2D eigenvalue weighted by atomic mass is 10.0. The summed E-state index contributed by atoms with van der Waals surface area (Å²) in [6.45, 7) is 5.71. The van der Waals surface area contributed by atoms with E-state index in [0.717, 1.165) is 43.4 Å². The van der Waals surface area contributed by atoms with E-state index in [-0.39, 0.29) is 50.2 Å². The molecule has 0 aromatic carbocycles. The maximum absolute atomic E-state index is 14.3. The molecule has 0 unspecified atom stereocenters. The maximum Gasteiger partial charge on any atom is 0.280 e. The van der Waals surface area contributed by atoms with Crippen LogP contribution >= 0.6 is 11.3 Å². The molecular formula is C26H33F2N5O3S. The molecule has 5 rings (SSSR count). The van der Waals surface area contributed by atoms with E-state index in [9.17, 15) is 23.5 Å². The summed E-state index contributed by atoms with van der Waals surface area (Å²) in [5.74, 6) is -0.541. The molecule has 2 aliphatic heterocycles. The second kappa shape index (κ2) is 9.90. The molecule has 2 amide bonds. The lowest BCUT2D eigenvalue weighted by Crippen LogP contribution is -2.40. The van der Waals surface area contributed by atoms with Crippen molar-refractivity contribution >= 4 is 29.0 Å². The number of rotatable bonds is 6. The van der Waals surface area contributed by atoms with Crippen LogP contribution in [0.25, 0.3) is 10.4 Å². The number of pyridine rings is 1. The highest BCUT2D eigenvalue weighted by Gasteiger charge is 2.44. The predicted octanol–water partition coefficient (Wildman–Crippen LogP) is 4.76. The van der Waals surface area contributed by atoms with E-state index in [1.165, 1.54) is 12.3 Å². The van der Waals surface area contributed by atoms with Gasteiger partial charge >= 0.3 is 0 Å². The summed E-state index contributed by atoms with van der Waals surface area (Å²) < 4.78 is 28.6. The Morgan fingerprint density at radius 1 is 1.14 bits per heavy atom. The average molecular weight is 534 g/mol. The molecule has 4 heterocycles. The Morgan fingerprint density at radius 2 is 1.81 bits per heavy atom. The number of carbonyl (C=O) groups is 2. The third kappa shape index (κ3) is 5.20. The number of thiazole rings is 1. The number of hydrogen-bond donors (Lipinski definition) is 3. The second-order valence-corrected chi connectivity index (χ2v) is 12.3. The number of carbonyl (C=O) groups excluding carboxylic acids is 2. The van der Waals surface area contributed by atoms with Crippen molar-refractivity contribution < 1.29 is 23.5 Å². The van der Waals surface area contributed by atoms with Crippen molar-refractivity contribution in [3.8, 4) is 10.4 Å². The molecule has 8 nitrogen and oxygen atoms in total. The van der Waals surface area contributed by atoms with Crippen molar-refractivity contribution in [2.75, 3.05) is 5.32 Å². The van der Waals surface area contributed by atoms with E-state index in [0.29, 0.717) is 18.7 Å².